The molecule has 130 valence electrons. The molecule has 5 nitrogen and oxygen atoms in total. The van der Waals surface area contributed by atoms with Crippen LogP contribution < -0.4 is 10.1 Å². The summed E-state index contributed by atoms with van der Waals surface area (Å²) in [6, 6.07) is 16.0. The van der Waals surface area contributed by atoms with E-state index in [1.165, 1.54) is 0 Å². The van der Waals surface area contributed by atoms with E-state index >= 15 is 0 Å². The van der Waals surface area contributed by atoms with E-state index in [1.807, 2.05) is 30.3 Å². The first-order valence-corrected chi connectivity index (χ1v) is 9.21. The van der Waals surface area contributed by atoms with E-state index in [9.17, 15) is 14.7 Å². The van der Waals surface area contributed by atoms with Gasteiger partial charge in [0.25, 0.3) is 5.91 Å². The first-order valence-electron chi connectivity index (χ1n) is 8.06. The lowest BCUT2D eigenvalue weighted by Gasteiger charge is -2.33. The number of thioether (sulfide) groups is 1. The zero-order valence-corrected chi connectivity index (χ0v) is 14.4. The molecule has 0 aromatic heterocycles. The Morgan fingerprint density at radius 2 is 1.68 bits per heavy atom. The van der Waals surface area contributed by atoms with Gasteiger partial charge >= 0.3 is 5.97 Å². The Kier molecular flexibility index (Phi) is 5.28. The molecule has 0 radical (unpaired) electrons. The van der Waals surface area contributed by atoms with E-state index in [0.717, 1.165) is 11.5 Å². The number of aliphatic carboxylic acids is 1. The van der Waals surface area contributed by atoms with Gasteiger partial charge in [-0.1, -0.05) is 24.3 Å². The van der Waals surface area contributed by atoms with Crippen molar-refractivity contribution in [2.45, 2.75) is 18.4 Å². The molecular formula is C19H19NO4S. The lowest BCUT2D eigenvalue weighted by Crippen LogP contribution is -2.56. The highest BCUT2D eigenvalue weighted by atomic mass is 32.2. The molecule has 2 aromatic carbocycles. The summed E-state index contributed by atoms with van der Waals surface area (Å²) < 4.78 is 5.73. The van der Waals surface area contributed by atoms with E-state index in [-0.39, 0.29) is 0 Å². The van der Waals surface area contributed by atoms with Gasteiger partial charge in [-0.3, -0.25) is 4.79 Å². The van der Waals surface area contributed by atoms with Gasteiger partial charge in [-0.15, -0.1) is 0 Å². The van der Waals surface area contributed by atoms with Gasteiger partial charge in [-0.2, -0.15) is 11.8 Å². The monoisotopic (exact) mass is 357 g/mol. The first-order chi connectivity index (χ1) is 12.1. The molecule has 2 aromatic rings. The number of carboxylic acids is 1. The fourth-order valence-electron chi connectivity index (χ4n) is 2.73. The largest absolute Gasteiger partial charge is 0.480 e. The van der Waals surface area contributed by atoms with Gasteiger partial charge < -0.3 is 15.2 Å². The number of para-hydroxylation sites is 1. The Bertz CT molecular complexity index is 757. The standard InChI is InChI=1S/C19H19NO4S/c21-17(20-19(18(22)23)9-11-25-12-10-19)14-5-4-8-16(13-14)24-15-6-2-1-3-7-15/h1-8,13H,9-12H2,(H,20,21)(H,22,23). The second kappa shape index (κ2) is 7.61. The van der Waals surface area contributed by atoms with E-state index in [2.05, 4.69) is 5.32 Å². The van der Waals surface area contributed by atoms with Crippen molar-refractivity contribution >= 4 is 23.6 Å². The molecule has 1 saturated heterocycles. The predicted molar refractivity (Wildman–Crippen MR) is 97.4 cm³/mol. The molecule has 0 aliphatic carbocycles. The second-order valence-electron chi connectivity index (χ2n) is 5.90. The number of ether oxygens (including phenoxy) is 1. The minimum atomic E-state index is -1.18. The maximum Gasteiger partial charge on any atom is 0.329 e. The summed E-state index contributed by atoms with van der Waals surface area (Å²) in [6.45, 7) is 0. The van der Waals surface area contributed by atoms with Gasteiger partial charge in [-0.05, 0) is 54.7 Å². The highest BCUT2D eigenvalue weighted by molar-refractivity contribution is 7.99. The third-order valence-electron chi connectivity index (χ3n) is 4.18. The number of carboxylic acid groups (broad SMARTS) is 1. The molecule has 0 atom stereocenters. The van der Waals surface area contributed by atoms with Crippen LogP contribution in [-0.2, 0) is 4.79 Å². The lowest BCUT2D eigenvalue weighted by molar-refractivity contribution is -0.144. The van der Waals surface area contributed by atoms with Gasteiger partial charge in [0, 0.05) is 5.56 Å². The van der Waals surface area contributed by atoms with Gasteiger partial charge in [0.15, 0.2) is 0 Å². The van der Waals surface area contributed by atoms with Crippen LogP contribution in [0.3, 0.4) is 0 Å². The molecular weight excluding hydrogens is 338 g/mol. The molecule has 3 rings (SSSR count). The molecule has 6 heteroatoms. The summed E-state index contributed by atoms with van der Waals surface area (Å²) in [5.41, 5.74) is -0.800. The summed E-state index contributed by atoms with van der Waals surface area (Å²) in [5.74, 6) is 1.28. The van der Waals surface area contributed by atoms with Crippen molar-refractivity contribution in [3.8, 4) is 11.5 Å². The maximum atomic E-state index is 12.6. The summed E-state index contributed by atoms with van der Waals surface area (Å²) in [7, 11) is 0. The smallest absolute Gasteiger partial charge is 0.329 e. The molecule has 1 aliphatic rings. The van der Waals surface area contributed by atoms with Crippen LogP contribution in [0.5, 0.6) is 11.5 Å². The number of benzene rings is 2. The van der Waals surface area contributed by atoms with Crippen LogP contribution in [0.2, 0.25) is 0 Å². The Morgan fingerprint density at radius 3 is 2.36 bits per heavy atom. The fourth-order valence-corrected chi connectivity index (χ4v) is 3.92. The van der Waals surface area contributed by atoms with Crippen molar-refractivity contribution in [3.05, 3.63) is 60.2 Å². The van der Waals surface area contributed by atoms with Crippen LogP contribution in [0.1, 0.15) is 23.2 Å². The number of hydrogen-bond donors (Lipinski definition) is 2. The molecule has 0 spiro atoms. The number of carbonyl (C=O) groups excluding carboxylic acids is 1. The summed E-state index contributed by atoms with van der Waals surface area (Å²) in [4.78, 5) is 24.3. The average molecular weight is 357 g/mol. The summed E-state index contributed by atoms with van der Waals surface area (Å²) in [6.07, 6.45) is 0.859. The number of carbonyl (C=O) groups is 2. The van der Waals surface area contributed by atoms with Crippen molar-refractivity contribution in [1.29, 1.82) is 0 Å². The van der Waals surface area contributed by atoms with Crippen molar-refractivity contribution < 1.29 is 19.4 Å². The van der Waals surface area contributed by atoms with Gasteiger partial charge in [0.2, 0.25) is 0 Å². The molecule has 2 N–H and O–H groups in total. The fraction of sp³-hybridized carbons (Fsp3) is 0.263. The molecule has 1 aliphatic heterocycles. The first kappa shape index (κ1) is 17.4. The number of rotatable bonds is 5. The van der Waals surface area contributed by atoms with E-state index in [1.54, 1.807) is 36.0 Å². The van der Waals surface area contributed by atoms with E-state index < -0.39 is 17.4 Å². The van der Waals surface area contributed by atoms with E-state index in [4.69, 9.17) is 4.74 Å². The van der Waals surface area contributed by atoms with Crippen LogP contribution in [0, 0.1) is 0 Å². The topological polar surface area (TPSA) is 75.6 Å². The van der Waals surface area contributed by atoms with Crippen LogP contribution in [0.25, 0.3) is 0 Å². The van der Waals surface area contributed by atoms with Crippen LogP contribution in [0.15, 0.2) is 54.6 Å². The summed E-state index contributed by atoms with van der Waals surface area (Å²) >= 11 is 1.71. The molecule has 0 bridgehead atoms. The third-order valence-corrected chi connectivity index (χ3v) is 5.17. The van der Waals surface area contributed by atoms with Crippen LogP contribution >= 0.6 is 11.8 Å². The highest BCUT2D eigenvalue weighted by Gasteiger charge is 2.41. The molecule has 25 heavy (non-hydrogen) atoms. The van der Waals surface area contributed by atoms with Crippen LogP contribution in [-0.4, -0.2) is 34.0 Å². The SMILES string of the molecule is O=C(NC1(C(=O)O)CCSCC1)c1cccc(Oc2ccccc2)c1. The maximum absolute atomic E-state index is 12.6. The minimum absolute atomic E-state index is 0.382. The lowest BCUT2D eigenvalue weighted by atomic mass is 9.92. The Labute approximate surface area is 150 Å². The molecule has 0 unspecified atom stereocenters. The van der Waals surface area contributed by atoms with Crippen LogP contribution in [0.4, 0.5) is 0 Å². The van der Waals surface area contributed by atoms with Gasteiger partial charge in [0.05, 0.1) is 0 Å². The zero-order chi connectivity index (χ0) is 17.7. The molecule has 1 amide bonds. The third kappa shape index (κ3) is 4.14. The van der Waals surface area contributed by atoms with Crippen molar-refractivity contribution in [3.63, 3.8) is 0 Å². The van der Waals surface area contributed by atoms with Crippen molar-refractivity contribution in [2.24, 2.45) is 0 Å². The summed E-state index contributed by atoms with van der Waals surface area (Å²) in [5, 5.41) is 12.3. The van der Waals surface area contributed by atoms with Gasteiger partial charge in [-0.25, -0.2) is 4.79 Å². The number of amides is 1. The quantitative estimate of drug-likeness (QED) is 0.856. The van der Waals surface area contributed by atoms with Crippen molar-refractivity contribution in [2.75, 3.05) is 11.5 Å². The molecule has 1 heterocycles. The van der Waals surface area contributed by atoms with Gasteiger partial charge in [0.1, 0.15) is 17.0 Å². The normalized spacial score (nSPS) is 16.0. The molecule has 0 saturated carbocycles. The van der Waals surface area contributed by atoms with E-state index in [0.29, 0.717) is 29.9 Å². The number of nitrogens with one attached hydrogen (secondary N) is 1. The minimum Gasteiger partial charge on any atom is -0.480 e. The number of hydrogen-bond acceptors (Lipinski definition) is 4. The van der Waals surface area contributed by atoms with Crippen molar-refractivity contribution in [1.82, 2.24) is 5.32 Å². The predicted octanol–water partition coefficient (Wildman–Crippen LogP) is 3.56. The highest BCUT2D eigenvalue weighted by Crippen LogP contribution is 2.28. The molecule has 1 fully saturated rings. The zero-order valence-electron chi connectivity index (χ0n) is 13.6. The Morgan fingerprint density at radius 1 is 1.00 bits per heavy atom. The Balaban J connectivity index is 1.76. The average Bonchev–Trinajstić information content (AvgIpc) is 2.63. The Hall–Kier alpha value is -2.47. The second-order valence-corrected chi connectivity index (χ2v) is 7.12.